The summed E-state index contributed by atoms with van der Waals surface area (Å²) < 4.78 is 0. The Morgan fingerprint density at radius 3 is 2.53 bits per heavy atom. The molecule has 3 heteroatoms. The Morgan fingerprint density at radius 2 is 1.89 bits per heavy atom. The van der Waals surface area contributed by atoms with E-state index in [4.69, 9.17) is 11.6 Å². The average molecular weight is 294 g/mol. The highest BCUT2D eigenvalue weighted by Crippen LogP contribution is 2.23. The van der Waals surface area contributed by atoms with Crippen molar-refractivity contribution in [2.24, 2.45) is 0 Å². The van der Waals surface area contributed by atoms with Crippen LogP contribution in [0.3, 0.4) is 0 Å². The molecule has 19 heavy (non-hydrogen) atoms. The van der Waals surface area contributed by atoms with Crippen LogP contribution < -0.4 is 5.32 Å². The van der Waals surface area contributed by atoms with Crippen molar-refractivity contribution in [3.05, 3.63) is 56.7 Å². The summed E-state index contributed by atoms with van der Waals surface area (Å²) >= 11 is 8.10. The number of hydrogen-bond donors (Lipinski definition) is 1. The van der Waals surface area contributed by atoms with Crippen LogP contribution in [-0.2, 0) is 6.42 Å². The normalized spacial score (nSPS) is 14.3. The van der Waals surface area contributed by atoms with Crippen LogP contribution in [0.5, 0.6) is 0 Å². The van der Waals surface area contributed by atoms with E-state index in [1.54, 1.807) is 0 Å². The fraction of sp³-hybridized carbons (Fsp3) is 0.375. The second kappa shape index (κ2) is 6.56. The highest BCUT2D eigenvalue weighted by molar-refractivity contribution is 7.11. The molecule has 2 unspecified atom stereocenters. The van der Waals surface area contributed by atoms with E-state index in [0.29, 0.717) is 6.04 Å². The first-order valence-electron chi connectivity index (χ1n) is 6.62. The fourth-order valence-electron chi connectivity index (χ4n) is 2.30. The Labute approximate surface area is 124 Å². The van der Waals surface area contributed by atoms with Crippen LogP contribution >= 0.6 is 22.9 Å². The third-order valence-electron chi connectivity index (χ3n) is 3.21. The van der Waals surface area contributed by atoms with Crippen LogP contribution in [0.4, 0.5) is 0 Å². The van der Waals surface area contributed by atoms with E-state index in [0.717, 1.165) is 11.4 Å². The largest absolute Gasteiger partial charge is 0.307 e. The summed E-state index contributed by atoms with van der Waals surface area (Å²) in [6.45, 7) is 6.54. The van der Waals surface area contributed by atoms with Crippen LogP contribution in [0.1, 0.15) is 35.2 Å². The van der Waals surface area contributed by atoms with Crippen LogP contribution in [0.2, 0.25) is 5.02 Å². The standard InChI is InChI=1S/C16H20ClNS/c1-11(10-14-9-8-12(2)19-14)18-13(3)15-6-4-5-7-16(15)17/h4-9,11,13,18H,10H2,1-3H3. The van der Waals surface area contributed by atoms with Crippen molar-refractivity contribution in [2.45, 2.75) is 39.3 Å². The van der Waals surface area contributed by atoms with Gasteiger partial charge in [-0.05, 0) is 51.0 Å². The van der Waals surface area contributed by atoms with Gasteiger partial charge in [-0.15, -0.1) is 11.3 Å². The van der Waals surface area contributed by atoms with Gasteiger partial charge in [0.05, 0.1) is 0 Å². The van der Waals surface area contributed by atoms with Crippen LogP contribution in [0, 0.1) is 6.92 Å². The molecule has 1 nitrogen and oxygen atoms in total. The molecule has 1 N–H and O–H groups in total. The molecule has 0 aliphatic heterocycles. The molecule has 2 aromatic rings. The molecule has 0 amide bonds. The van der Waals surface area contributed by atoms with Crippen LogP contribution in [-0.4, -0.2) is 6.04 Å². The number of thiophene rings is 1. The number of nitrogens with one attached hydrogen (secondary N) is 1. The fourth-order valence-corrected chi connectivity index (χ4v) is 3.62. The summed E-state index contributed by atoms with van der Waals surface area (Å²) in [4.78, 5) is 2.81. The molecule has 0 bridgehead atoms. The first-order valence-corrected chi connectivity index (χ1v) is 7.81. The Morgan fingerprint density at radius 1 is 1.16 bits per heavy atom. The van der Waals surface area contributed by atoms with E-state index in [9.17, 15) is 0 Å². The zero-order valence-electron chi connectivity index (χ0n) is 11.6. The molecule has 1 aromatic heterocycles. The van der Waals surface area contributed by atoms with Crippen molar-refractivity contribution < 1.29 is 0 Å². The first kappa shape index (κ1) is 14.6. The van der Waals surface area contributed by atoms with Crippen molar-refractivity contribution in [1.82, 2.24) is 5.32 Å². The van der Waals surface area contributed by atoms with Gasteiger partial charge in [0.15, 0.2) is 0 Å². The number of aryl methyl sites for hydroxylation is 1. The van der Waals surface area contributed by atoms with Crippen molar-refractivity contribution in [3.63, 3.8) is 0 Å². The van der Waals surface area contributed by atoms with Crippen LogP contribution in [0.15, 0.2) is 36.4 Å². The van der Waals surface area contributed by atoms with Gasteiger partial charge in [0.25, 0.3) is 0 Å². The topological polar surface area (TPSA) is 12.0 Å². The van der Waals surface area contributed by atoms with Gasteiger partial charge >= 0.3 is 0 Å². The minimum Gasteiger partial charge on any atom is -0.307 e. The second-order valence-electron chi connectivity index (χ2n) is 5.03. The summed E-state index contributed by atoms with van der Waals surface area (Å²) in [5, 5.41) is 4.45. The lowest BCUT2D eigenvalue weighted by Gasteiger charge is -2.20. The molecule has 102 valence electrons. The van der Waals surface area contributed by atoms with Gasteiger partial charge in [0.1, 0.15) is 0 Å². The zero-order valence-corrected chi connectivity index (χ0v) is 13.2. The zero-order chi connectivity index (χ0) is 13.8. The molecule has 0 fully saturated rings. The number of halogens is 1. The first-order chi connectivity index (χ1) is 9.06. The molecule has 1 aromatic carbocycles. The predicted molar refractivity (Wildman–Crippen MR) is 85.2 cm³/mol. The molecular formula is C16H20ClNS. The summed E-state index contributed by atoms with van der Waals surface area (Å²) in [6, 6.07) is 13.1. The Hall–Kier alpha value is -0.830. The maximum Gasteiger partial charge on any atom is 0.0453 e. The molecule has 0 aliphatic carbocycles. The minimum absolute atomic E-state index is 0.268. The number of hydrogen-bond acceptors (Lipinski definition) is 2. The highest BCUT2D eigenvalue weighted by atomic mass is 35.5. The lowest BCUT2D eigenvalue weighted by atomic mass is 10.1. The predicted octanol–water partition coefficient (Wildman–Crippen LogP) is 4.99. The van der Waals surface area contributed by atoms with Crippen molar-refractivity contribution in [3.8, 4) is 0 Å². The van der Waals surface area contributed by atoms with Gasteiger partial charge in [0.2, 0.25) is 0 Å². The van der Waals surface area contributed by atoms with Crippen molar-refractivity contribution in [2.75, 3.05) is 0 Å². The van der Waals surface area contributed by atoms with E-state index in [1.165, 1.54) is 15.3 Å². The Bertz CT molecular complexity index is 535. The molecule has 0 radical (unpaired) electrons. The highest BCUT2D eigenvalue weighted by Gasteiger charge is 2.12. The van der Waals surface area contributed by atoms with Gasteiger partial charge in [-0.3, -0.25) is 0 Å². The quantitative estimate of drug-likeness (QED) is 0.819. The molecule has 0 saturated carbocycles. The molecule has 0 saturated heterocycles. The summed E-state index contributed by atoms with van der Waals surface area (Å²) in [5.74, 6) is 0. The van der Waals surface area contributed by atoms with E-state index in [1.807, 2.05) is 29.5 Å². The van der Waals surface area contributed by atoms with E-state index in [2.05, 4.69) is 44.3 Å². The van der Waals surface area contributed by atoms with Gasteiger partial charge in [0, 0.05) is 26.9 Å². The average Bonchev–Trinajstić information content (AvgIpc) is 2.74. The number of benzene rings is 1. The third-order valence-corrected chi connectivity index (χ3v) is 4.58. The molecule has 0 aliphatic rings. The third kappa shape index (κ3) is 4.07. The Kier molecular flexibility index (Phi) is 5.03. The maximum absolute atomic E-state index is 6.23. The summed E-state index contributed by atoms with van der Waals surface area (Å²) in [6.07, 6.45) is 1.06. The SMILES string of the molecule is Cc1ccc(CC(C)NC(C)c2ccccc2Cl)s1. The van der Waals surface area contributed by atoms with Gasteiger partial charge in [-0.1, -0.05) is 29.8 Å². The minimum atomic E-state index is 0.268. The van der Waals surface area contributed by atoms with Crippen molar-refractivity contribution in [1.29, 1.82) is 0 Å². The molecule has 2 atom stereocenters. The lowest BCUT2D eigenvalue weighted by Crippen LogP contribution is -2.30. The summed E-state index contributed by atoms with van der Waals surface area (Å²) in [5.41, 5.74) is 1.17. The number of rotatable bonds is 5. The van der Waals surface area contributed by atoms with Crippen molar-refractivity contribution >= 4 is 22.9 Å². The molecular weight excluding hydrogens is 274 g/mol. The van der Waals surface area contributed by atoms with Gasteiger partial charge in [-0.2, -0.15) is 0 Å². The van der Waals surface area contributed by atoms with Gasteiger partial charge in [-0.25, -0.2) is 0 Å². The van der Waals surface area contributed by atoms with E-state index < -0.39 is 0 Å². The molecule has 0 spiro atoms. The maximum atomic E-state index is 6.23. The monoisotopic (exact) mass is 293 g/mol. The molecule has 2 rings (SSSR count). The Balaban J connectivity index is 1.95. The summed E-state index contributed by atoms with van der Waals surface area (Å²) in [7, 11) is 0. The second-order valence-corrected chi connectivity index (χ2v) is 6.81. The van der Waals surface area contributed by atoms with Gasteiger partial charge < -0.3 is 5.32 Å². The molecule has 1 heterocycles. The van der Waals surface area contributed by atoms with E-state index >= 15 is 0 Å². The van der Waals surface area contributed by atoms with Crippen LogP contribution in [0.25, 0.3) is 0 Å². The van der Waals surface area contributed by atoms with E-state index in [-0.39, 0.29) is 6.04 Å². The lowest BCUT2D eigenvalue weighted by molar-refractivity contribution is 0.479. The smallest absolute Gasteiger partial charge is 0.0453 e.